The molecule has 0 unspecified atom stereocenters. The van der Waals surface area contributed by atoms with E-state index < -0.39 is 5.97 Å². The van der Waals surface area contributed by atoms with Crippen LogP contribution in [0.5, 0.6) is 5.75 Å². The van der Waals surface area contributed by atoms with Crippen LogP contribution >= 0.6 is 0 Å². The lowest BCUT2D eigenvalue weighted by molar-refractivity contribution is 0.0696. The Hall–Kier alpha value is -2.47. The van der Waals surface area contributed by atoms with Gasteiger partial charge in [-0.1, -0.05) is 0 Å². The van der Waals surface area contributed by atoms with E-state index in [1.54, 1.807) is 7.11 Å². The minimum Gasteiger partial charge on any atom is -0.491 e. The molecule has 2 N–H and O–H groups in total. The topological polar surface area (TPSA) is 80.9 Å². The maximum atomic E-state index is 10.7. The smallest absolute Gasteiger partial charge is 0.338 e. The van der Waals surface area contributed by atoms with Gasteiger partial charge in [0.1, 0.15) is 24.4 Å². The molecule has 0 bridgehead atoms. The Balaban J connectivity index is 1.83. The zero-order valence-electron chi connectivity index (χ0n) is 11.7. The fourth-order valence-electron chi connectivity index (χ4n) is 1.69. The Morgan fingerprint density at radius 1 is 1.29 bits per heavy atom. The van der Waals surface area contributed by atoms with Gasteiger partial charge in [-0.05, 0) is 30.3 Å². The second-order valence-electron chi connectivity index (χ2n) is 4.33. The second kappa shape index (κ2) is 7.35. The average Bonchev–Trinajstić information content (AvgIpc) is 2.96. The van der Waals surface area contributed by atoms with Gasteiger partial charge in [0.25, 0.3) is 0 Å². The Morgan fingerprint density at radius 2 is 2.05 bits per heavy atom. The van der Waals surface area contributed by atoms with Gasteiger partial charge in [-0.2, -0.15) is 0 Å². The quantitative estimate of drug-likeness (QED) is 0.728. The van der Waals surface area contributed by atoms with Crippen LogP contribution in [0.2, 0.25) is 0 Å². The Labute approximate surface area is 122 Å². The van der Waals surface area contributed by atoms with E-state index in [1.165, 1.54) is 12.3 Å². The molecule has 2 rings (SSSR count). The molecule has 6 heteroatoms. The van der Waals surface area contributed by atoms with Crippen molar-refractivity contribution in [1.29, 1.82) is 0 Å². The van der Waals surface area contributed by atoms with Crippen LogP contribution < -0.4 is 10.1 Å². The van der Waals surface area contributed by atoms with Gasteiger partial charge in [0.15, 0.2) is 0 Å². The lowest BCUT2D eigenvalue weighted by Crippen LogP contribution is -2.04. The number of rotatable bonds is 8. The first kappa shape index (κ1) is 14.9. The molecule has 1 aromatic heterocycles. The van der Waals surface area contributed by atoms with E-state index in [9.17, 15) is 4.79 Å². The molecule has 112 valence electrons. The predicted molar refractivity (Wildman–Crippen MR) is 76.8 cm³/mol. The van der Waals surface area contributed by atoms with E-state index in [-0.39, 0.29) is 5.56 Å². The zero-order chi connectivity index (χ0) is 15.1. The number of methoxy groups -OCH3 is 1. The molecule has 0 spiro atoms. The van der Waals surface area contributed by atoms with E-state index in [0.29, 0.717) is 25.5 Å². The molecule has 0 aliphatic heterocycles. The summed E-state index contributed by atoms with van der Waals surface area (Å²) in [5, 5.41) is 11.9. The van der Waals surface area contributed by atoms with Crippen molar-refractivity contribution in [3.8, 4) is 5.75 Å². The van der Waals surface area contributed by atoms with Crippen molar-refractivity contribution < 1.29 is 23.8 Å². The number of hydrogen-bond donors (Lipinski definition) is 2. The van der Waals surface area contributed by atoms with Crippen LogP contribution in [0.1, 0.15) is 16.1 Å². The number of aromatic carboxylic acids is 1. The summed E-state index contributed by atoms with van der Waals surface area (Å²) in [5.41, 5.74) is 1.04. The highest BCUT2D eigenvalue weighted by Crippen LogP contribution is 2.17. The summed E-state index contributed by atoms with van der Waals surface area (Å²) in [6.07, 6.45) is 1.23. The van der Waals surface area contributed by atoms with Crippen LogP contribution in [-0.2, 0) is 11.3 Å². The SMILES string of the molecule is COCCOc1ccc(NCc2cc(C(=O)O)co2)cc1. The van der Waals surface area contributed by atoms with Crippen LogP contribution in [0.25, 0.3) is 0 Å². The van der Waals surface area contributed by atoms with Gasteiger partial charge in [-0.3, -0.25) is 0 Å². The third kappa shape index (κ3) is 4.54. The van der Waals surface area contributed by atoms with Crippen molar-refractivity contribution in [2.45, 2.75) is 6.54 Å². The molecule has 0 aliphatic carbocycles. The Bertz CT molecular complexity index is 576. The number of furan rings is 1. The molecule has 0 radical (unpaired) electrons. The van der Waals surface area contributed by atoms with E-state index in [0.717, 1.165) is 11.4 Å². The molecule has 0 aliphatic rings. The maximum Gasteiger partial charge on any atom is 0.338 e. The fraction of sp³-hybridized carbons (Fsp3) is 0.267. The van der Waals surface area contributed by atoms with Crippen molar-refractivity contribution in [3.05, 3.63) is 47.9 Å². The third-order valence-corrected chi connectivity index (χ3v) is 2.78. The van der Waals surface area contributed by atoms with Crippen molar-refractivity contribution in [3.63, 3.8) is 0 Å². The van der Waals surface area contributed by atoms with E-state index in [4.69, 9.17) is 19.0 Å². The standard InChI is InChI=1S/C15H17NO5/c1-19-6-7-20-13-4-2-12(3-5-13)16-9-14-8-11(10-21-14)15(17)18/h2-5,8,10,16H,6-7,9H2,1H3,(H,17,18). The molecule has 0 saturated heterocycles. The summed E-state index contributed by atoms with van der Waals surface area (Å²) in [6, 6.07) is 8.95. The van der Waals surface area contributed by atoms with Crippen molar-refractivity contribution in [1.82, 2.24) is 0 Å². The number of carboxylic acids is 1. The van der Waals surface area contributed by atoms with Crippen LogP contribution in [0.3, 0.4) is 0 Å². The molecule has 1 heterocycles. The van der Waals surface area contributed by atoms with Crippen molar-refractivity contribution in [2.75, 3.05) is 25.6 Å². The van der Waals surface area contributed by atoms with Crippen LogP contribution in [0.4, 0.5) is 5.69 Å². The van der Waals surface area contributed by atoms with E-state index in [2.05, 4.69) is 5.32 Å². The van der Waals surface area contributed by atoms with Gasteiger partial charge in [0, 0.05) is 12.8 Å². The number of nitrogens with one attached hydrogen (secondary N) is 1. The minimum atomic E-state index is -0.998. The summed E-state index contributed by atoms with van der Waals surface area (Å²) < 4.78 is 15.5. The molecule has 0 amide bonds. The third-order valence-electron chi connectivity index (χ3n) is 2.78. The lowest BCUT2D eigenvalue weighted by atomic mass is 10.3. The van der Waals surface area contributed by atoms with Gasteiger partial charge < -0.3 is 24.3 Å². The van der Waals surface area contributed by atoms with Gasteiger partial charge in [0.05, 0.1) is 18.7 Å². The maximum absolute atomic E-state index is 10.7. The zero-order valence-corrected chi connectivity index (χ0v) is 11.7. The first-order valence-corrected chi connectivity index (χ1v) is 6.45. The number of ether oxygens (including phenoxy) is 2. The largest absolute Gasteiger partial charge is 0.491 e. The molecule has 6 nitrogen and oxygen atoms in total. The molecule has 2 aromatic rings. The predicted octanol–water partition coefficient (Wildman–Crippen LogP) is 2.62. The molecular weight excluding hydrogens is 274 g/mol. The van der Waals surface area contributed by atoms with Crippen LogP contribution in [-0.4, -0.2) is 31.4 Å². The van der Waals surface area contributed by atoms with Gasteiger partial charge in [-0.25, -0.2) is 4.79 Å². The monoisotopic (exact) mass is 291 g/mol. The molecule has 1 aromatic carbocycles. The summed E-state index contributed by atoms with van der Waals surface area (Å²) in [4.78, 5) is 10.7. The Morgan fingerprint density at radius 3 is 2.67 bits per heavy atom. The molecular formula is C15H17NO5. The highest BCUT2D eigenvalue weighted by atomic mass is 16.5. The summed E-state index contributed by atoms with van der Waals surface area (Å²) in [6.45, 7) is 1.47. The number of anilines is 1. The second-order valence-corrected chi connectivity index (χ2v) is 4.33. The first-order chi connectivity index (χ1) is 10.2. The highest BCUT2D eigenvalue weighted by molar-refractivity contribution is 5.87. The highest BCUT2D eigenvalue weighted by Gasteiger charge is 2.07. The van der Waals surface area contributed by atoms with Crippen LogP contribution in [0.15, 0.2) is 41.0 Å². The number of carboxylic acid groups (broad SMARTS) is 1. The molecule has 0 fully saturated rings. The van der Waals surface area contributed by atoms with Gasteiger partial charge in [-0.15, -0.1) is 0 Å². The lowest BCUT2D eigenvalue weighted by Gasteiger charge is -2.07. The normalized spacial score (nSPS) is 10.3. The molecule has 0 saturated carbocycles. The number of benzene rings is 1. The van der Waals surface area contributed by atoms with Gasteiger partial charge in [0.2, 0.25) is 0 Å². The molecule has 21 heavy (non-hydrogen) atoms. The van der Waals surface area contributed by atoms with Crippen molar-refractivity contribution in [2.24, 2.45) is 0 Å². The van der Waals surface area contributed by atoms with Gasteiger partial charge >= 0.3 is 5.97 Å². The fourth-order valence-corrected chi connectivity index (χ4v) is 1.69. The first-order valence-electron chi connectivity index (χ1n) is 6.45. The summed E-state index contributed by atoms with van der Waals surface area (Å²) in [5.74, 6) is 0.333. The van der Waals surface area contributed by atoms with Crippen molar-refractivity contribution >= 4 is 11.7 Å². The molecule has 0 atom stereocenters. The number of hydrogen-bond acceptors (Lipinski definition) is 5. The number of carbonyl (C=O) groups is 1. The summed E-state index contributed by atoms with van der Waals surface area (Å²) in [7, 11) is 1.63. The minimum absolute atomic E-state index is 0.147. The van der Waals surface area contributed by atoms with Crippen LogP contribution in [0, 0.1) is 0 Å². The summed E-state index contributed by atoms with van der Waals surface area (Å²) >= 11 is 0. The van der Waals surface area contributed by atoms with E-state index >= 15 is 0 Å². The van der Waals surface area contributed by atoms with E-state index in [1.807, 2.05) is 24.3 Å². The Kier molecular flexibility index (Phi) is 5.22. The average molecular weight is 291 g/mol.